The fourth-order valence-electron chi connectivity index (χ4n) is 1.03. The Kier molecular flexibility index (Phi) is 1.84. The zero-order chi connectivity index (χ0) is 8.39. The minimum Gasteiger partial charge on any atom is -0.239 e. The van der Waals surface area contributed by atoms with Gasteiger partial charge in [0.2, 0.25) is 0 Å². The average Bonchev–Trinajstić information content (AvgIpc) is 2.54. The summed E-state index contributed by atoms with van der Waals surface area (Å²) < 4.78 is 1.74. The molecular weight excluding hydrogens is 172 g/mol. The Balaban J connectivity index is 2.45. The highest BCUT2D eigenvalue weighted by molar-refractivity contribution is 6.29. The Morgan fingerprint density at radius 2 is 1.83 bits per heavy atom. The standard InChI is InChI=1S/C9H7ClN2/c10-9-6-7-12(11-9)8-4-2-1-3-5-8/h1-7H. The molecule has 0 aliphatic rings. The SMILES string of the molecule is Clc1ccn(-c2ccccc2)n1. The molecule has 2 aromatic rings. The Hall–Kier alpha value is -1.28. The molecule has 0 radical (unpaired) electrons. The van der Waals surface area contributed by atoms with Crippen LogP contribution in [0.4, 0.5) is 0 Å². The number of hydrogen-bond acceptors (Lipinski definition) is 1. The highest BCUT2D eigenvalue weighted by atomic mass is 35.5. The second kappa shape index (κ2) is 2.99. The molecule has 2 rings (SSSR count). The molecule has 12 heavy (non-hydrogen) atoms. The third kappa shape index (κ3) is 1.34. The van der Waals surface area contributed by atoms with Crippen molar-refractivity contribution in [1.82, 2.24) is 9.78 Å². The van der Waals surface area contributed by atoms with E-state index in [4.69, 9.17) is 11.6 Å². The summed E-state index contributed by atoms with van der Waals surface area (Å²) in [5.74, 6) is 0. The number of rotatable bonds is 1. The van der Waals surface area contributed by atoms with Crippen molar-refractivity contribution in [2.45, 2.75) is 0 Å². The molecule has 3 heteroatoms. The zero-order valence-corrected chi connectivity index (χ0v) is 7.07. The van der Waals surface area contributed by atoms with Gasteiger partial charge >= 0.3 is 0 Å². The van der Waals surface area contributed by atoms with E-state index in [2.05, 4.69) is 5.10 Å². The summed E-state index contributed by atoms with van der Waals surface area (Å²) in [6.45, 7) is 0. The molecule has 0 spiro atoms. The van der Waals surface area contributed by atoms with Gasteiger partial charge in [0.25, 0.3) is 0 Å². The van der Waals surface area contributed by atoms with Gasteiger partial charge in [0.15, 0.2) is 5.15 Å². The van der Waals surface area contributed by atoms with E-state index in [1.165, 1.54) is 0 Å². The largest absolute Gasteiger partial charge is 0.239 e. The first-order chi connectivity index (χ1) is 5.86. The molecule has 0 bridgehead atoms. The van der Waals surface area contributed by atoms with Gasteiger partial charge in [0.1, 0.15) is 0 Å². The molecule has 1 heterocycles. The predicted molar refractivity (Wildman–Crippen MR) is 48.6 cm³/mol. The van der Waals surface area contributed by atoms with Crippen molar-refractivity contribution in [3.63, 3.8) is 0 Å². The lowest BCUT2D eigenvalue weighted by Crippen LogP contribution is -1.92. The van der Waals surface area contributed by atoms with Crippen molar-refractivity contribution >= 4 is 11.6 Å². The number of para-hydroxylation sites is 1. The molecule has 0 aliphatic carbocycles. The van der Waals surface area contributed by atoms with Crippen LogP contribution in [0.3, 0.4) is 0 Å². The van der Waals surface area contributed by atoms with Crippen molar-refractivity contribution in [1.29, 1.82) is 0 Å². The molecule has 0 N–H and O–H groups in total. The molecule has 1 aromatic heterocycles. The van der Waals surface area contributed by atoms with E-state index in [9.17, 15) is 0 Å². The summed E-state index contributed by atoms with van der Waals surface area (Å²) in [6, 6.07) is 11.6. The van der Waals surface area contributed by atoms with Crippen LogP contribution in [0.25, 0.3) is 5.69 Å². The fraction of sp³-hybridized carbons (Fsp3) is 0. The van der Waals surface area contributed by atoms with Gasteiger partial charge in [-0.15, -0.1) is 0 Å². The van der Waals surface area contributed by atoms with Gasteiger partial charge in [-0.1, -0.05) is 29.8 Å². The summed E-state index contributed by atoms with van der Waals surface area (Å²) in [6.07, 6.45) is 1.83. The quantitative estimate of drug-likeness (QED) is 0.656. The van der Waals surface area contributed by atoms with E-state index in [1.807, 2.05) is 36.5 Å². The van der Waals surface area contributed by atoms with E-state index in [0.717, 1.165) is 5.69 Å². The number of nitrogens with zero attached hydrogens (tertiary/aromatic N) is 2. The molecule has 0 saturated heterocycles. The van der Waals surface area contributed by atoms with Gasteiger partial charge in [-0.25, -0.2) is 4.68 Å². The molecule has 0 fully saturated rings. The van der Waals surface area contributed by atoms with Crippen molar-refractivity contribution in [2.24, 2.45) is 0 Å². The van der Waals surface area contributed by atoms with Crippen LogP contribution in [0.5, 0.6) is 0 Å². The maximum atomic E-state index is 5.68. The highest BCUT2D eigenvalue weighted by Crippen LogP contribution is 2.09. The van der Waals surface area contributed by atoms with Crippen molar-refractivity contribution in [3.8, 4) is 5.69 Å². The lowest BCUT2D eigenvalue weighted by atomic mass is 10.3. The Labute approximate surface area is 75.4 Å². The molecule has 0 amide bonds. The third-order valence-electron chi connectivity index (χ3n) is 1.58. The van der Waals surface area contributed by atoms with Crippen molar-refractivity contribution < 1.29 is 0 Å². The summed E-state index contributed by atoms with van der Waals surface area (Å²) in [7, 11) is 0. The minimum atomic E-state index is 0.513. The summed E-state index contributed by atoms with van der Waals surface area (Å²) >= 11 is 5.68. The molecule has 0 aliphatic heterocycles. The Bertz CT molecular complexity index is 367. The lowest BCUT2D eigenvalue weighted by Gasteiger charge is -1.97. The van der Waals surface area contributed by atoms with Crippen LogP contribution >= 0.6 is 11.6 Å². The topological polar surface area (TPSA) is 17.8 Å². The van der Waals surface area contributed by atoms with Gasteiger partial charge in [-0.05, 0) is 18.2 Å². The molecule has 0 unspecified atom stereocenters. The zero-order valence-electron chi connectivity index (χ0n) is 6.31. The summed E-state index contributed by atoms with van der Waals surface area (Å²) in [5, 5.41) is 4.58. The first kappa shape index (κ1) is 7.37. The fourth-order valence-corrected chi connectivity index (χ4v) is 1.16. The van der Waals surface area contributed by atoms with Crippen LogP contribution in [-0.4, -0.2) is 9.78 Å². The number of benzene rings is 1. The van der Waals surface area contributed by atoms with Crippen LogP contribution in [0.2, 0.25) is 5.15 Å². The predicted octanol–water partition coefficient (Wildman–Crippen LogP) is 2.53. The summed E-state index contributed by atoms with van der Waals surface area (Å²) in [4.78, 5) is 0. The van der Waals surface area contributed by atoms with E-state index in [-0.39, 0.29) is 0 Å². The number of hydrogen-bond donors (Lipinski definition) is 0. The molecule has 1 aromatic carbocycles. The normalized spacial score (nSPS) is 10.1. The Morgan fingerprint density at radius 1 is 1.08 bits per heavy atom. The second-order valence-electron chi connectivity index (χ2n) is 2.42. The van der Waals surface area contributed by atoms with E-state index in [0.29, 0.717) is 5.15 Å². The lowest BCUT2D eigenvalue weighted by molar-refractivity contribution is 0.881. The maximum Gasteiger partial charge on any atom is 0.151 e. The highest BCUT2D eigenvalue weighted by Gasteiger charge is 1.95. The monoisotopic (exact) mass is 178 g/mol. The van der Waals surface area contributed by atoms with Gasteiger partial charge in [-0.2, -0.15) is 5.10 Å². The Morgan fingerprint density at radius 3 is 2.42 bits per heavy atom. The van der Waals surface area contributed by atoms with E-state index < -0.39 is 0 Å². The van der Waals surface area contributed by atoms with Crippen LogP contribution in [-0.2, 0) is 0 Å². The van der Waals surface area contributed by atoms with Crippen LogP contribution in [0.15, 0.2) is 42.6 Å². The maximum absolute atomic E-state index is 5.68. The van der Waals surface area contributed by atoms with Gasteiger partial charge < -0.3 is 0 Å². The van der Waals surface area contributed by atoms with Gasteiger partial charge in [0.05, 0.1) is 5.69 Å². The summed E-state index contributed by atoms with van der Waals surface area (Å²) in [5.41, 5.74) is 1.02. The molecule has 2 nitrogen and oxygen atoms in total. The van der Waals surface area contributed by atoms with Crippen LogP contribution in [0.1, 0.15) is 0 Å². The van der Waals surface area contributed by atoms with E-state index >= 15 is 0 Å². The third-order valence-corrected chi connectivity index (χ3v) is 1.78. The number of halogens is 1. The van der Waals surface area contributed by atoms with E-state index in [1.54, 1.807) is 10.7 Å². The van der Waals surface area contributed by atoms with Crippen LogP contribution < -0.4 is 0 Å². The van der Waals surface area contributed by atoms with Crippen molar-refractivity contribution in [2.75, 3.05) is 0 Å². The van der Waals surface area contributed by atoms with Crippen LogP contribution in [0, 0.1) is 0 Å². The molecular formula is C9H7ClN2. The first-order valence-corrected chi connectivity index (χ1v) is 4.01. The molecule has 0 saturated carbocycles. The first-order valence-electron chi connectivity index (χ1n) is 3.63. The second-order valence-corrected chi connectivity index (χ2v) is 2.81. The molecule has 60 valence electrons. The molecule has 0 atom stereocenters. The minimum absolute atomic E-state index is 0.513. The van der Waals surface area contributed by atoms with Crippen molar-refractivity contribution in [3.05, 3.63) is 47.7 Å². The smallest absolute Gasteiger partial charge is 0.151 e. The average molecular weight is 179 g/mol. The number of aromatic nitrogens is 2. The van der Waals surface area contributed by atoms with Gasteiger partial charge in [0, 0.05) is 6.20 Å². The van der Waals surface area contributed by atoms with Gasteiger partial charge in [-0.3, -0.25) is 0 Å².